The zero-order chi connectivity index (χ0) is 15.4. The van der Waals surface area contributed by atoms with E-state index >= 15 is 0 Å². The van der Waals surface area contributed by atoms with Crippen LogP contribution in [0.4, 0.5) is 11.4 Å². The molecule has 0 fully saturated rings. The molecule has 0 spiro atoms. The highest BCUT2D eigenvalue weighted by Gasteiger charge is 2.24. The number of carbonyl (C=O) groups is 2. The molecule has 1 aromatic carbocycles. The number of fused-ring (bicyclic) bond motifs is 1. The summed E-state index contributed by atoms with van der Waals surface area (Å²) in [6.07, 6.45) is 2.77. The summed E-state index contributed by atoms with van der Waals surface area (Å²) < 4.78 is 0. The lowest BCUT2D eigenvalue weighted by Crippen LogP contribution is -2.36. The van der Waals surface area contributed by atoms with Gasteiger partial charge in [-0.15, -0.1) is 0 Å². The molecule has 4 nitrogen and oxygen atoms in total. The van der Waals surface area contributed by atoms with Crippen molar-refractivity contribution in [2.24, 2.45) is 5.92 Å². The fourth-order valence-electron chi connectivity index (χ4n) is 2.52. The van der Waals surface area contributed by atoms with Crippen LogP contribution in [0.15, 0.2) is 18.2 Å². The van der Waals surface area contributed by atoms with Gasteiger partial charge in [0.05, 0.1) is 0 Å². The molecule has 1 heterocycles. The van der Waals surface area contributed by atoms with Crippen LogP contribution in [0.25, 0.3) is 0 Å². The number of hydrogen-bond donors (Lipinski definition) is 1. The summed E-state index contributed by atoms with van der Waals surface area (Å²) in [4.78, 5) is 25.5. The molecule has 0 aliphatic carbocycles. The van der Waals surface area contributed by atoms with Crippen LogP contribution in [0.2, 0.25) is 0 Å². The Hall–Kier alpha value is -1.84. The molecule has 21 heavy (non-hydrogen) atoms. The van der Waals surface area contributed by atoms with E-state index in [9.17, 15) is 9.59 Å². The lowest BCUT2D eigenvalue weighted by Gasteiger charge is -2.30. The largest absolute Gasteiger partial charge is 0.326 e. The molecule has 0 atom stereocenters. The quantitative estimate of drug-likeness (QED) is 0.903. The van der Waals surface area contributed by atoms with E-state index in [1.165, 1.54) is 0 Å². The van der Waals surface area contributed by atoms with Gasteiger partial charge >= 0.3 is 0 Å². The maximum Gasteiger partial charge on any atom is 0.227 e. The maximum absolute atomic E-state index is 12.1. The summed E-state index contributed by atoms with van der Waals surface area (Å²) >= 11 is 0. The van der Waals surface area contributed by atoms with Crippen molar-refractivity contribution in [3.05, 3.63) is 23.8 Å². The Morgan fingerprint density at radius 2 is 2.10 bits per heavy atom. The third-order valence-corrected chi connectivity index (χ3v) is 3.81. The van der Waals surface area contributed by atoms with E-state index in [2.05, 4.69) is 19.2 Å². The molecule has 114 valence electrons. The number of amides is 2. The number of benzene rings is 1. The van der Waals surface area contributed by atoms with E-state index in [-0.39, 0.29) is 11.8 Å². The summed E-state index contributed by atoms with van der Waals surface area (Å²) in [5.41, 5.74) is 2.97. The SMILES string of the molecule is CCC(=O)Nc1ccc2c(c1)CCC(=O)N2CCC(C)C. The molecule has 0 saturated carbocycles. The van der Waals surface area contributed by atoms with Crippen molar-refractivity contribution in [3.63, 3.8) is 0 Å². The van der Waals surface area contributed by atoms with Gasteiger partial charge in [0.15, 0.2) is 0 Å². The maximum atomic E-state index is 12.1. The summed E-state index contributed by atoms with van der Waals surface area (Å²) in [5, 5.41) is 2.88. The van der Waals surface area contributed by atoms with Crippen LogP contribution < -0.4 is 10.2 Å². The molecule has 4 heteroatoms. The Labute approximate surface area is 126 Å². The Morgan fingerprint density at radius 1 is 1.33 bits per heavy atom. The van der Waals surface area contributed by atoms with E-state index in [1.54, 1.807) is 0 Å². The molecule has 1 aliphatic rings. The summed E-state index contributed by atoms with van der Waals surface area (Å²) in [7, 11) is 0. The van der Waals surface area contributed by atoms with Crippen molar-refractivity contribution in [2.45, 2.75) is 46.5 Å². The average Bonchev–Trinajstić information content (AvgIpc) is 2.46. The van der Waals surface area contributed by atoms with Gasteiger partial charge in [-0.25, -0.2) is 0 Å². The van der Waals surface area contributed by atoms with Crippen molar-refractivity contribution in [1.29, 1.82) is 0 Å². The smallest absolute Gasteiger partial charge is 0.227 e. The van der Waals surface area contributed by atoms with Gasteiger partial charge in [-0.05, 0) is 42.5 Å². The topological polar surface area (TPSA) is 49.4 Å². The predicted molar refractivity (Wildman–Crippen MR) is 85.5 cm³/mol. The number of nitrogens with zero attached hydrogens (tertiary/aromatic N) is 1. The van der Waals surface area contributed by atoms with Gasteiger partial charge in [0, 0.05) is 30.8 Å². The fourth-order valence-corrected chi connectivity index (χ4v) is 2.52. The lowest BCUT2D eigenvalue weighted by molar-refractivity contribution is -0.119. The molecule has 0 bridgehead atoms. The van der Waals surface area contributed by atoms with Crippen LogP contribution >= 0.6 is 0 Å². The number of rotatable bonds is 5. The third-order valence-electron chi connectivity index (χ3n) is 3.81. The number of carbonyl (C=O) groups excluding carboxylic acids is 2. The number of nitrogens with one attached hydrogen (secondary N) is 1. The number of anilines is 2. The molecule has 2 rings (SSSR count). The zero-order valence-corrected chi connectivity index (χ0v) is 13.1. The number of hydrogen-bond acceptors (Lipinski definition) is 2. The van der Waals surface area contributed by atoms with Crippen LogP contribution in [-0.2, 0) is 16.0 Å². The highest BCUT2D eigenvalue weighted by atomic mass is 16.2. The molecule has 0 radical (unpaired) electrons. The van der Waals surface area contributed by atoms with E-state index < -0.39 is 0 Å². The van der Waals surface area contributed by atoms with Gasteiger partial charge in [-0.3, -0.25) is 9.59 Å². The first-order valence-electron chi connectivity index (χ1n) is 7.74. The first-order valence-corrected chi connectivity index (χ1v) is 7.74. The van der Waals surface area contributed by atoms with Crippen molar-refractivity contribution in [2.75, 3.05) is 16.8 Å². The van der Waals surface area contributed by atoms with Gasteiger partial charge in [-0.1, -0.05) is 20.8 Å². The van der Waals surface area contributed by atoms with E-state index in [1.807, 2.05) is 30.0 Å². The Morgan fingerprint density at radius 3 is 2.76 bits per heavy atom. The van der Waals surface area contributed by atoms with Crippen molar-refractivity contribution < 1.29 is 9.59 Å². The average molecular weight is 288 g/mol. The summed E-state index contributed by atoms with van der Waals surface area (Å²) in [5.74, 6) is 0.790. The minimum Gasteiger partial charge on any atom is -0.326 e. The van der Waals surface area contributed by atoms with Crippen molar-refractivity contribution >= 4 is 23.2 Å². The van der Waals surface area contributed by atoms with Gasteiger partial charge < -0.3 is 10.2 Å². The Balaban J connectivity index is 2.19. The van der Waals surface area contributed by atoms with Crippen LogP contribution in [0, 0.1) is 5.92 Å². The van der Waals surface area contributed by atoms with E-state index in [4.69, 9.17) is 0 Å². The summed E-state index contributed by atoms with van der Waals surface area (Å²) in [6.45, 7) is 6.93. The molecule has 0 unspecified atom stereocenters. The van der Waals surface area contributed by atoms with Gasteiger partial charge in [-0.2, -0.15) is 0 Å². The summed E-state index contributed by atoms with van der Waals surface area (Å²) in [6, 6.07) is 5.84. The van der Waals surface area contributed by atoms with Gasteiger partial charge in [0.1, 0.15) is 0 Å². The first kappa shape index (κ1) is 15.5. The van der Waals surface area contributed by atoms with Gasteiger partial charge in [0.2, 0.25) is 11.8 Å². The Bertz CT molecular complexity index is 538. The molecule has 0 saturated heterocycles. The molecular formula is C17H24N2O2. The van der Waals surface area contributed by atoms with Crippen LogP contribution in [0.1, 0.15) is 45.6 Å². The normalized spacial score (nSPS) is 14.3. The monoisotopic (exact) mass is 288 g/mol. The minimum absolute atomic E-state index is 0.0125. The molecule has 1 aromatic rings. The standard InChI is InChI=1S/C17H24N2O2/c1-4-16(20)18-14-6-7-15-13(11-14)5-8-17(21)19(15)10-9-12(2)3/h6-7,11-12H,4-5,8-10H2,1-3H3,(H,18,20). The second-order valence-corrected chi connectivity index (χ2v) is 5.97. The van der Waals surface area contributed by atoms with E-state index in [0.29, 0.717) is 18.8 Å². The highest BCUT2D eigenvalue weighted by Crippen LogP contribution is 2.30. The fraction of sp³-hybridized carbons (Fsp3) is 0.529. The van der Waals surface area contributed by atoms with Crippen LogP contribution in [-0.4, -0.2) is 18.4 Å². The Kier molecular flexibility index (Phi) is 4.99. The molecule has 1 aliphatic heterocycles. The highest BCUT2D eigenvalue weighted by molar-refractivity contribution is 5.97. The zero-order valence-electron chi connectivity index (χ0n) is 13.1. The van der Waals surface area contributed by atoms with Crippen LogP contribution in [0.3, 0.4) is 0 Å². The second kappa shape index (κ2) is 6.74. The molecule has 0 aromatic heterocycles. The van der Waals surface area contributed by atoms with Crippen molar-refractivity contribution in [3.8, 4) is 0 Å². The van der Waals surface area contributed by atoms with Crippen molar-refractivity contribution in [1.82, 2.24) is 0 Å². The third kappa shape index (κ3) is 3.84. The number of aryl methyl sites for hydroxylation is 1. The van der Waals surface area contributed by atoms with E-state index in [0.717, 1.165) is 36.3 Å². The second-order valence-electron chi connectivity index (χ2n) is 5.97. The lowest BCUT2D eigenvalue weighted by atomic mass is 9.99. The minimum atomic E-state index is 0.0125. The van der Waals surface area contributed by atoms with Gasteiger partial charge in [0.25, 0.3) is 0 Å². The molecular weight excluding hydrogens is 264 g/mol. The first-order chi connectivity index (χ1) is 10.0. The van der Waals surface area contributed by atoms with Crippen LogP contribution in [0.5, 0.6) is 0 Å². The predicted octanol–water partition coefficient (Wildman–Crippen LogP) is 3.36. The molecule has 1 N–H and O–H groups in total. The molecule has 2 amide bonds.